The maximum absolute atomic E-state index is 13.7. The molecule has 3 saturated heterocycles. The van der Waals surface area contributed by atoms with Crippen LogP contribution in [0.25, 0.3) is 0 Å². The first-order chi connectivity index (χ1) is 22.5. The van der Waals surface area contributed by atoms with Gasteiger partial charge in [-0.15, -0.1) is 6.58 Å². The van der Waals surface area contributed by atoms with Gasteiger partial charge in [0.1, 0.15) is 48.8 Å². The molecule has 5 heterocycles. The Morgan fingerprint density at radius 3 is 2.28 bits per heavy atom. The van der Waals surface area contributed by atoms with Crippen molar-refractivity contribution >= 4 is 5.91 Å². The van der Waals surface area contributed by atoms with E-state index in [-0.39, 0.29) is 17.7 Å². The van der Waals surface area contributed by atoms with Gasteiger partial charge in [0.25, 0.3) is 5.91 Å². The van der Waals surface area contributed by atoms with Gasteiger partial charge in [-0.1, -0.05) is 6.08 Å². The number of rotatable bonds is 8. The maximum Gasteiger partial charge on any atom is 0.253 e. The van der Waals surface area contributed by atoms with E-state index < -0.39 is 92.8 Å². The van der Waals surface area contributed by atoms with Crippen LogP contribution in [0.4, 0.5) is 0 Å². The summed E-state index contributed by atoms with van der Waals surface area (Å²) >= 11 is 0. The molecule has 260 valence electrons. The SMILES string of the molecule is C=CC1C(OC2OC(CO)C(O)C(OC3OC(CO)C(O)C(O)C3O)C2O)OC=C2C(=O)N3CCc4cc(OC)c(O)cc4C3CC21. The highest BCUT2D eigenvalue weighted by molar-refractivity contribution is 5.95. The number of phenols is 1. The van der Waals surface area contributed by atoms with Gasteiger partial charge in [-0.2, -0.15) is 0 Å². The molecular formula is C31H41NO15. The number of aromatic hydroxyl groups is 1. The molecule has 16 heteroatoms. The van der Waals surface area contributed by atoms with E-state index in [0.717, 1.165) is 11.1 Å². The maximum atomic E-state index is 13.7. The van der Waals surface area contributed by atoms with Crippen molar-refractivity contribution < 1.29 is 74.1 Å². The van der Waals surface area contributed by atoms with Crippen LogP contribution in [0.1, 0.15) is 23.6 Å². The average molecular weight is 668 g/mol. The fraction of sp³-hybridized carbons (Fsp3) is 0.645. The summed E-state index contributed by atoms with van der Waals surface area (Å²) in [5, 5.41) is 82.8. The van der Waals surface area contributed by atoms with Gasteiger partial charge in [0.15, 0.2) is 24.1 Å². The molecule has 5 aliphatic heterocycles. The smallest absolute Gasteiger partial charge is 0.253 e. The summed E-state index contributed by atoms with van der Waals surface area (Å²) < 4.78 is 33.9. The fourth-order valence-electron chi connectivity index (χ4n) is 7.19. The topological polar surface area (TPSA) is 238 Å². The summed E-state index contributed by atoms with van der Waals surface area (Å²) in [6.07, 6.45) is -13.5. The molecule has 0 spiro atoms. The predicted molar refractivity (Wildman–Crippen MR) is 155 cm³/mol. The summed E-state index contributed by atoms with van der Waals surface area (Å²) in [4.78, 5) is 15.4. The number of hydrogen-bond donors (Lipinski definition) is 8. The van der Waals surface area contributed by atoms with Crippen molar-refractivity contribution in [3.63, 3.8) is 0 Å². The molecule has 47 heavy (non-hydrogen) atoms. The Balaban J connectivity index is 1.22. The molecule has 1 aromatic rings. The Bertz CT molecular complexity index is 1360. The van der Waals surface area contributed by atoms with Gasteiger partial charge in [-0.25, -0.2) is 0 Å². The molecule has 0 aromatic heterocycles. The van der Waals surface area contributed by atoms with Crippen molar-refractivity contribution in [2.75, 3.05) is 26.9 Å². The van der Waals surface area contributed by atoms with E-state index in [4.69, 9.17) is 28.4 Å². The molecule has 0 bridgehead atoms. The number of piperidine rings is 1. The highest BCUT2D eigenvalue weighted by Crippen LogP contribution is 2.49. The Labute approximate surface area is 269 Å². The monoisotopic (exact) mass is 667 g/mol. The first-order valence-corrected chi connectivity index (χ1v) is 15.5. The van der Waals surface area contributed by atoms with Crippen LogP contribution in [0.2, 0.25) is 0 Å². The van der Waals surface area contributed by atoms with E-state index in [1.165, 1.54) is 13.4 Å². The van der Waals surface area contributed by atoms with Gasteiger partial charge in [-0.05, 0) is 36.1 Å². The number of aliphatic hydroxyl groups excluding tert-OH is 7. The molecule has 1 amide bonds. The van der Waals surface area contributed by atoms with Crippen molar-refractivity contribution in [1.82, 2.24) is 4.90 Å². The first-order valence-electron chi connectivity index (χ1n) is 15.5. The Morgan fingerprint density at radius 2 is 1.62 bits per heavy atom. The molecule has 8 N–H and O–H groups in total. The van der Waals surface area contributed by atoms with Crippen LogP contribution in [-0.2, 0) is 34.9 Å². The van der Waals surface area contributed by atoms with E-state index in [1.54, 1.807) is 23.1 Å². The summed E-state index contributed by atoms with van der Waals surface area (Å²) in [5.41, 5.74) is 2.16. The second-order valence-corrected chi connectivity index (χ2v) is 12.4. The number of carbonyl (C=O) groups excluding carboxylic acids is 1. The van der Waals surface area contributed by atoms with Gasteiger partial charge < -0.3 is 74.2 Å². The number of ether oxygens (including phenoxy) is 6. The van der Waals surface area contributed by atoms with Crippen molar-refractivity contribution in [1.29, 1.82) is 0 Å². The van der Waals surface area contributed by atoms with Crippen LogP contribution < -0.4 is 4.74 Å². The third-order valence-corrected chi connectivity index (χ3v) is 9.79. The highest BCUT2D eigenvalue weighted by atomic mass is 16.8. The third-order valence-electron chi connectivity index (χ3n) is 9.79. The van der Waals surface area contributed by atoms with Crippen LogP contribution in [0.15, 0.2) is 36.6 Å². The Kier molecular flexibility index (Phi) is 9.81. The summed E-state index contributed by atoms with van der Waals surface area (Å²) in [6, 6.07) is 3.02. The zero-order chi connectivity index (χ0) is 33.7. The largest absolute Gasteiger partial charge is 0.504 e. The molecule has 14 unspecified atom stereocenters. The average Bonchev–Trinajstić information content (AvgIpc) is 3.07. The third kappa shape index (κ3) is 5.91. The number of hydrogen-bond acceptors (Lipinski definition) is 15. The zero-order valence-corrected chi connectivity index (χ0v) is 25.5. The number of nitrogens with zero attached hydrogens (tertiary/aromatic N) is 1. The molecule has 0 saturated carbocycles. The van der Waals surface area contributed by atoms with E-state index in [2.05, 4.69) is 6.58 Å². The molecular weight excluding hydrogens is 626 g/mol. The van der Waals surface area contributed by atoms with E-state index >= 15 is 0 Å². The predicted octanol–water partition coefficient (Wildman–Crippen LogP) is -2.47. The van der Waals surface area contributed by atoms with Crippen molar-refractivity contribution in [2.45, 2.75) is 86.6 Å². The summed E-state index contributed by atoms with van der Waals surface area (Å²) in [5.74, 6) is -1.02. The second kappa shape index (κ2) is 13.6. The first kappa shape index (κ1) is 34.0. The van der Waals surface area contributed by atoms with Gasteiger partial charge in [0, 0.05) is 18.4 Å². The standard InChI is InChI=1S/C31H41NO15/c1-3-13-15-7-17-14-8-18(35)19(42-2)6-12(14)4-5-32(17)28(41)16(15)11-43-29(13)47-31-26(40)27(23(37)21(10-34)45-31)46-30-25(39)24(38)22(36)20(9-33)44-30/h3,6,8,11,13,15,17,20-27,29-31,33-40H,1,4-5,7,9-10H2,2H3. The lowest BCUT2D eigenvalue weighted by molar-refractivity contribution is -0.374. The molecule has 14 atom stereocenters. The van der Waals surface area contributed by atoms with Gasteiger partial charge >= 0.3 is 0 Å². The van der Waals surface area contributed by atoms with Crippen molar-refractivity contribution in [2.24, 2.45) is 11.8 Å². The number of carbonyl (C=O) groups is 1. The van der Waals surface area contributed by atoms with Crippen LogP contribution in [0, 0.1) is 11.8 Å². The molecule has 5 aliphatic rings. The zero-order valence-electron chi connectivity index (χ0n) is 25.5. The Hall–Kier alpha value is -2.87. The molecule has 1 aromatic carbocycles. The normalized spacial score (nSPS) is 41.6. The van der Waals surface area contributed by atoms with Crippen LogP contribution >= 0.6 is 0 Å². The quantitative estimate of drug-likeness (QED) is 0.134. The van der Waals surface area contributed by atoms with E-state index in [9.17, 15) is 45.6 Å². The molecule has 6 rings (SSSR count). The van der Waals surface area contributed by atoms with E-state index in [1.807, 2.05) is 0 Å². The number of amides is 1. The van der Waals surface area contributed by atoms with Crippen LogP contribution in [0.5, 0.6) is 11.5 Å². The van der Waals surface area contributed by atoms with Gasteiger partial charge in [0.2, 0.25) is 6.29 Å². The molecule has 0 radical (unpaired) electrons. The van der Waals surface area contributed by atoms with E-state index in [0.29, 0.717) is 30.7 Å². The van der Waals surface area contributed by atoms with Crippen LogP contribution in [-0.4, -0.2) is 146 Å². The summed E-state index contributed by atoms with van der Waals surface area (Å²) in [6.45, 7) is 2.93. The number of fused-ring (bicyclic) bond motifs is 4. The van der Waals surface area contributed by atoms with Gasteiger partial charge in [-0.3, -0.25) is 4.79 Å². The lowest BCUT2D eigenvalue weighted by atomic mass is 9.73. The Morgan fingerprint density at radius 1 is 0.936 bits per heavy atom. The summed E-state index contributed by atoms with van der Waals surface area (Å²) in [7, 11) is 1.47. The number of benzene rings is 1. The minimum atomic E-state index is -1.83. The second-order valence-electron chi connectivity index (χ2n) is 12.4. The molecule has 3 fully saturated rings. The van der Waals surface area contributed by atoms with Crippen molar-refractivity contribution in [3.8, 4) is 11.5 Å². The van der Waals surface area contributed by atoms with Crippen LogP contribution in [0.3, 0.4) is 0 Å². The molecule has 16 nitrogen and oxygen atoms in total. The minimum Gasteiger partial charge on any atom is -0.504 e. The van der Waals surface area contributed by atoms with Gasteiger partial charge in [0.05, 0.1) is 38.2 Å². The number of aliphatic hydroxyl groups is 7. The number of phenolic OH excluding ortho intramolecular Hbond substituents is 1. The lowest BCUT2D eigenvalue weighted by Crippen LogP contribution is -2.65. The van der Waals surface area contributed by atoms with Crippen molar-refractivity contribution in [3.05, 3.63) is 47.7 Å². The highest BCUT2D eigenvalue weighted by Gasteiger charge is 2.53. The molecule has 0 aliphatic carbocycles. The fourth-order valence-corrected chi connectivity index (χ4v) is 7.19. The lowest BCUT2D eigenvalue weighted by Gasteiger charge is -2.49. The number of methoxy groups -OCH3 is 1. The minimum absolute atomic E-state index is 0.0418.